The van der Waals surface area contributed by atoms with Crippen molar-refractivity contribution in [3.63, 3.8) is 0 Å². The average molecular weight is 335 g/mol. The minimum Gasteiger partial charge on any atom is -0.444 e. The molecule has 0 spiro atoms. The van der Waals surface area contributed by atoms with Gasteiger partial charge in [0.05, 0.1) is 5.69 Å². The first-order valence-corrected chi connectivity index (χ1v) is 8.40. The summed E-state index contributed by atoms with van der Waals surface area (Å²) in [5.74, 6) is 0. The Hall–Kier alpha value is -2.41. The zero-order valence-corrected chi connectivity index (χ0v) is 12.9. The molecule has 0 radical (unpaired) electrons. The van der Waals surface area contributed by atoms with E-state index in [1.165, 1.54) is 17.0 Å². The van der Waals surface area contributed by atoms with Crippen molar-refractivity contribution < 1.29 is 21.8 Å². The predicted molar refractivity (Wildman–Crippen MR) is 82.4 cm³/mol. The number of benzene rings is 2. The van der Waals surface area contributed by atoms with E-state index >= 15 is 0 Å². The van der Waals surface area contributed by atoms with Crippen LogP contribution in [0.3, 0.4) is 0 Å². The summed E-state index contributed by atoms with van der Waals surface area (Å²) in [5.41, 5.74) is 1.54. The Labute approximate surface area is 133 Å². The van der Waals surface area contributed by atoms with Gasteiger partial charge in [-0.1, -0.05) is 36.4 Å². The molecule has 0 N–H and O–H groups in total. The molecular formula is C16H14FNO4S. The van der Waals surface area contributed by atoms with Crippen molar-refractivity contribution in [2.75, 3.05) is 11.4 Å². The number of nitrogens with zero attached hydrogens (tertiary/aromatic N) is 1. The van der Waals surface area contributed by atoms with Crippen molar-refractivity contribution in [2.24, 2.45) is 0 Å². The maximum absolute atomic E-state index is 13.3. The molecule has 7 heteroatoms. The third kappa shape index (κ3) is 3.19. The molecular weight excluding hydrogens is 321 g/mol. The summed E-state index contributed by atoms with van der Waals surface area (Å²) < 4.78 is 40.9. The normalized spacial score (nSPS) is 13.7. The topological polar surface area (TPSA) is 63.7 Å². The number of fused-ring (bicyclic) bond motifs is 1. The number of hydrogen-bond acceptors (Lipinski definition) is 4. The van der Waals surface area contributed by atoms with Crippen LogP contribution in [0.5, 0.6) is 0 Å². The van der Waals surface area contributed by atoms with Crippen LogP contribution in [0.25, 0.3) is 0 Å². The van der Waals surface area contributed by atoms with E-state index in [1.807, 2.05) is 30.3 Å². The Kier molecular flexibility index (Phi) is 4.04. The van der Waals surface area contributed by atoms with Crippen molar-refractivity contribution in [1.29, 1.82) is 0 Å². The van der Waals surface area contributed by atoms with Crippen LogP contribution in [-0.2, 0) is 28.0 Å². The van der Waals surface area contributed by atoms with E-state index in [0.717, 1.165) is 5.56 Å². The molecule has 3 rings (SSSR count). The summed E-state index contributed by atoms with van der Waals surface area (Å²) in [6.45, 7) is 0.377. The first-order chi connectivity index (χ1) is 11.0. The Morgan fingerprint density at radius 2 is 1.87 bits per heavy atom. The van der Waals surface area contributed by atoms with Crippen molar-refractivity contribution in [3.05, 3.63) is 59.7 Å². The van der Waals surface area contributed by atoms with E-state index < -0.39 is 16.3 Å². The lowest BCUT2D eigenvalue weighted by molar-refractivity contribution is 0.147. The van der Waals surface area contributed by atoms with Gasteiger partial charge in [0.1, 0.15) is 11.5 Å². The molecule has 1 amide bonds. The summed E-state index contributed by atoms with van der Waals surface area (Å²) in [6, 6.07) is 13.4. The van der Waals surface area contributed by atoms with Gasteiger partial charge in [0.15, 0.2) is 0 Å². The van der Waals surface area contributed by atoms with Crippen LogP contribution in [0.15, 0.2) is 53.4 Å². The second-order valence-electron chi connectivity index (χ2n) is 5.13. The van der Waals surface area contributed by atoms with Crippen LogP contribution < -0.4 is 4.90 Å². The number of hydrogen-bond donors (Lipinski definition) is 0. The Morgan fingerprint density at radius 1 is 1.13 bits per heavy atom. The van der Waals surface area contributed by atoms with Crippen molar-refractivity contribution in [3.8, 4) is 0 Å². The lowest BCUT2D eigenvalue weighted by Crippen LogP contribution is -2.29. The number of rotatable bonds is 3. The van der Waals surface area contributed by atoms with Gasteiger partial charge in [-0.2, -0.15) is 8.42 Å². The van der Waals surface area contributed by atoms with Gasteiger partial charge in [-0.15, -0.1) is 3.89 Å². The van der Waals surface area contributed by atoms with Gasteiger partial charge < -0.3 is 4.74 Å². The van der Waals surface area contributed by atoms with Gasteiger partial charge >= 0.3 is 16.3 Å². The van der Waals surface area contributed by atoms with Crippen LogP contribution >= 0.6 is 0 Å². The first kappa shape index (κ1) is 15.5. The van der Waals surface area contributed by atoms with Crippen LogP contribution in [-0.4, -0.2) is 21.1 Å². The molecule has 0 atom stereocenters. The molecule has 0 saturated carbocycles. The molecule has 0 aliphatic carbocycles. The first-order valence-electron chi connectivity index (χ1n) is 7.01. The Balaban J connectivity index is 1.79. The fourth-order valence-corrected chi connectivity index (χ4v) is 3.36. The summed E-state index contributed by atoms with van der Waals surface area (Å²) in [7, 11) is -4.81. The Morgan fingerprint density at radius 3 is 2.57 bits per heavy atom. The van der Waals surface area contributed by atoms with E-state index in [2.05, 4.69) is 0 Å². The summed E-state index contributed by atoms with van der Waals surface area (Å²) in [6.07, 6.45) is -0.309. The number of amides is 1. The molecule has 0 unspecified atom stereocenters. The number of ether oxygens (including phenoxy) is 1. The third-order valence-electron chi connectivity index (χ3n) is 3.67. The van der Waals surface area contributed by atoms with E-state index in [0.29, 0.717) is 11.3 Å². The number of anilines is 1. The van der Waals surface area contributed by atoms with E-state index in [9.17, 15) is 17.1 Å². The smallest absolute Gasteiger partial charge is 0.414 e. The van der Waals surface area contributed by atoms with Crippen molar-refractivity contribution >= 4 is 22.0 Å². The van der Waals surface area contributed by atoms with E-state index in [-0.39, 0.29) is 24.5 Å². The highest BCUT2D eigenvalue weighted by atomic mass is 32.3. The minimum absolute atomic E-state index is 0.118. The zero-order valence-electron chi connectivity index (χ0n) is 12.1. The monoisotopic (exact) mass is 335 g/mol. The van der Waals surface area contributed by atoms with Gasteiger partial charge in [0.2, 0.25) is 0 Å². The Bertz CT molecular complexity index is 836. The molecule has 23 heavy (non-hydrogen) atoms. The lowest BCUT2D eigenvalue weighted by Gasteiger charge is -2.17. The molecule has 1 heterocycles. The summed E-state index contributed by atoms with van der Waals surface area (Å²) >= 11 is 0. The molecule has 1 aliphatic rings. The van der Waals surface area contributed by atoms with Gasteiger partial charge in [-0.05, 0) is 29.7 Å². The lowest BCUT2D eigenvalue weighted by atomic mass is 10.2. The molecule has 2 aromatic rings. The molecule has 0 saturated heterocycles. The molecule has 0 fully saturated rings. The van der Waals surface area contributed by atoms with Crippen LogP contribution in [0.4, 0.5) is 14.4 Å². The fraction of sp³-hybridized carbons (Fsp3) is 0.188. The molecule has 0 aromatic heterocycles. The molecule has 2 aromatic carbocycles. The van der Waals surface area contributed by atoms with Gasteiger partial charge in [-0.25, -0.2) is 4.79 Å². The van der Waals surface area contributed by atoms with Crippen LogP contribution in [0.1, 0.15) is 11.1 Å². The minimum atomic E-state index is -4.81. The fourth-order valence-electron chi connectivity index (χ4n) is 2.62. The highest BCUT2D eigenvalue weighted by Gasteiger charge is 2.31. The molecule has 5 nitrogen and oxygen atoms in total. The number of carbonyl (C=O) groups excluding carboxylic acids is 1. The van der Waals surface area contributed by atoms with Crippen molar-refractivity contribution in [2.45, 2.75) is 17.9 Å². The second kappa shape index (κ2) is 6.00. The van der Waals surface area contributed by atoms with Crippen LogP contribution in [0.2, 0.25) is 0 Å². The van der Waals surface area contributed by atoms with E-state index in [1.54, 1.807) is 6.07 Å². The quantitative estimate of drug-likeness (QED) is 0.809. The highest BCUT2D eigenvalue weighted by molar-refractivity contribution is 7.86. The number of halogens is 1. The maximum Gasteiger partial charge on any atom is 0.414 e. The molecule has 0 bridgehead atoms. The van der Waals surface area contributed by atoms with Gasteiger partial charge in [0, 0.05) is 6.54 Å². The zero-order chi connectivity index (χ0) is 16.4. The SMILES string of the molecule is O=C(OCc1ccccc1)N1CCc2c1cccc2S(=O)(=O)F. The van der Waals surface area contributed by atoms with Crippen LogP contribution in [0, 0.1) is 0 Å². The molecule has 120 valence electrons. The third-order valence-corrected chi connectivity index (χ3v) is 4.58. The standard InChI is InChI=1S/C16H14FNO4S/c17-23(20,21)15-8-4-7-14-13(15)9-10-18(14)16(19)22-11-12-5-2-1-3-6-12/h1-8H,9-11H2. The summed E-state index contributed by atoms with van der Waals surface area (Å²) in [4.78, 5) is 13.1. The predicted octanol–water partition coefficient (Wildman–Crippen LogP) is 3.04. The average Bonchev–Trinajstić information content (AvgIpc) is 2.96. The molecule has 1 aliphatic heterocycles. The number of carbonyl (C=O) groups is 1. The van der Waals surface area contributed by atoms with Gasteiger partial charge in [0.25, 0.3) is 0 Å². The maximum atomic E-state index is 13.3. The highest BCUT2D eigenvalue weighted by Crippen LogP contribution is 2.34. The summed E-state index contributed by atoms with van der Waals surface area (Å²) in [5, 5.41) is 0. The largest absolute Gasteiger partial charge is 0.444 e. The second-order valence-corrected chi connectivity index (χ2v) is 6.45. The van der Waals surface area contributed by atoms with Crippen molar-refractivity contribution in [1.82, 2.24) is 0 Å². The van der Waals surface area contributed by atoms with E-state index in [4.69, 9.17) is 4.74 Å². The van der Waals surface area contributed by atoms with Gasteiger partial charge in [-0.3, -0.25) is 4.90 Å².